The van der Waals surface area contributed by atoms with Crippen molar-refractivity contribution in [3.05, 3.63) is 24.3 Å². The molecule has 0 aliphatic carbocycles. The Morgan fingerprint density at radius 2 is 0.914 bits per heavy atom. The van der Waals surface area contributed by atoms with E-state index >= 15 is 0 Å². The summed E-state index contributed by atoms with van der Waals surface area (Å²) in [7, 11) is 5.54. The maximum absolute atomic E-state index is 12.8. The zero-order chi connectivity index (χ0) is 42.8. The number of unbranched alkanes of at least 4 members (excludes halogenated alkanes) is 26. The number of allylic oxidation sites excluding steroid dienone is 4. The number of nitrogens with zero attached hydrogens (tertiary/aromatic N) is 1. The van der Waals surface area contributed by atoms with Gasteiger partial charge in [-0.1, -0.05) is 186 Å². The number of carboxylic acid groups (broad SMARTS) is 1. The maximum Gasteiger partial charge on any atom is 0.362 e. The fourth-order valence-corrected chi connectivity index (χ4v) is 7.30. The summed E-state index contributed by atoms with van der Waals surface area (Å²) in [4.78, 5) is 37.1. The van der Waals surface area contributed by atoms with Gasteiger partial charge < -0.3 is 23.8 Å². The molecule has 0 aliphatic rings. The van der Waals surface area contributed by atoms with Crippen LogP contribution in [-0.4, -0.2) is 80.6 Å². The molecule has 0 aromatic rings. The number of carbonyl (C=O) groups excluding carboxylic acids is 2. The highest BCUT2D eigenvalue weighted by Crippen LogP contribution is 2.16. The molecule has 0 bridgehead atoms. The molecule has 58 heavy (non-hydrogen) atoms. The van der Waals surface area contributed by atoms with Gasteiger partial charge in [-0.05, 0) is 44.9 Å². The second kappa shape index (κ2) is 41.5. The van der Waals surface area contributed by atoms with Gasteiger partial charge in [-0.15, -0.1) is 0 Å². The van der Waals surface area contributed by atoms with Crippen LogP contribution in [-0.2, 0) is 28.6 Å². The third-order valence-corrected chi connectivity index (χ3v) is 11.1. The van der Waals surface area contributed by atoms with Crippen LogP contribution in [0.2, 0.25) is 0 Å². The molecule has 0 aromatic carbocycles. The monoisotopic (exact) mass is 821 g/mol. The number of hydrogen-bond acceptors (Lipinski definition) is 6. The van der Waals surface area contributed by atoms with Crippen LogP contribution in [0.4, 0.5) is 0 Å². The second-order valence-electron chi connectivity index (χ2n) is 17.7. The van der Waals surface area contributed by atoms with Crippen molar-refractivity contribution in [1.82, 2.24) is 0 Å². The van der Waals surface area contributed by atoms with Crippen LogP contribution in [0.3, 0.4) is 0 Å². The Labute approximate surface area is 358 Å². The topological polar surface area (TPSA) is 99.1 Å². The predicted octanol–water partition coefficient (Wildman–Crippen LogP) is 13.6. The predicted molar refractivity (Wildman–Crippen MR) is 243 cm³/mol. The van der Waals surface area contributed by atoms with Crippen molar-refractivity contribution < 1.29 is 38.2 Å². The van der Waals surface area contributed by atoms with Gasteiger partial charge in [0.2, 0.25) is 0 Å². The average Bonchev–Trinajstić information content (AvgIpc) is 3.18. The van der Waals surface area contributed by atoms with Crippen LogP contribution >= 0.6 is 0 Å². The summed E-state index contributed by atoms with van der Waals surface area (Å²) in [5.41, 5.74) is 0. The van der Waals surface area contributed by atoms with E-state index in [0.29, 0.717) is 19.3 Å². The minimum atomic E-state index is -0.874. The number of esters is 2. The van der Waals surface area contributed by atoms with Crippen molar-refractivity contribution in [2.75, 3.05) is 41.0 Å². The van der Waals surface area contributed by atoms with Crippen LogP contribution in [0.15, 0.2) is 24.3 Å². The van der Waals surface area contributed by atoms with Crippen LogP contribution in [0.25, 0.3) is 0 Å². The average molecular weight is 821 g/mol. The van der Waals surface area contributed by atoms with E-state index in [0.717, 1.165) is 51.4 Å². The normalized spacial score (nSPS) is 13.1. The number of ether oxygens (including phenoxy) is 3. The zero-order valence-electron chi connectivity index (χ0n) is 38.8. The van der Waals surface area contributed by atoms with Gasteiger partial charge in [0, 0.05) is 19.3 Å². The molecule has 2 atom stereocenters. The van der Waals surface area contributed by atoms with Crippen molar-refractivity contribution in [2.45, 2.75) is 238 Å². The first-order chi connectivity index (χ1) is 28.1. The molecular weight excluding hydrogens is 727 g/mol. The lowest BCUT2D eigenvalue weighted by Gasteiger charge is -2.31. The molecular formula is C50H94NO7+. The lowest BCUT2D eigenvalue weighted by Crippen LogP contribution is -2.50. The van der Waals surface area contributed by atoms with Gasteiger partial charge in [0.15, 0.2) is 12.1 Å². The Kier molecular flexibility index (Phi) is 40.0. The Morgan fingerprint density at radius 1 is 0.517 bits per heavy atom. The molecule has 8 heteroatoms. The highest BCUT2D eigenvalue weighted by Gasteiger charge is 2.31. The Bertz CT molecular complexity index is 1000. The first-order valence-electron chi connectivity index (χ1n) is 24.4. The number of rotatable bonds is 44. The van der Waals surface area contributed by atoms with E-state index in [1.165, 1.54) is 141 Å². The molecule has 340 valence electrons. The standard InChI is InChI=1S/C50H93NO7/c1-6-8-10-12-14-16-18-20-22-24-25-27-29-31-33-35-37-39-41-49(53)58-46(44-56-43-42-47(50(54)55)51(3,4)5)45-57-48(52)40-38-36-34-32-30-28-26-23-21-19-17-15-13-11-9-7-2/h16,18,22,24,46-47H,6-15,17,19-21,23,25-45H2,1-5H3/p+1/b18-16-,24-22-. The van der Waals surface area contributed by atoms with E-state index in [4.69, 9.17) is 14.2 Å². The van der Waals surface area contributed by atoms with E-state index < -0.39 is 18.1 Å². The fourth-order valence-electron chi connectivity index (χ4n) is 7.30. The minimum absolute atomic E-state index is 0.0495. The van der Waals surface area contributed by atoms with E-state index in [-0.39, 0.29) is 36.2 Å². The van der Waals surface area contributed by atoms with Gasteiger partial charge in [0.1, 0.15) is 6.61 Å². The van der Waals surface area contributed by atoms with E-state index in [2.05, 4.69) is 38.2 Å². The van der Waals surface area contributed by atoms with Gasteiger partial charge in [-0.25, -0.2) is 4.79 Å². The van der Waals surface area contributed by atoms with Crippen LogP contribution < -0.4 is 0 Å². The molecule has 0 amide bonds. The summed E-state index contributed by atoms with van der Waals surface area (Å²) in [5, 5.41) is 9.64. The lowest BCUT2D eigenvalue weighted by atomic mass is 10.0. The van der Waals surface area contributed by atoms with Crippen molar-refractivity contribution in [3.8, 4) is 0 Å². The SMILES string of the molecule is CCCCCC/C=C\C/C=C\CCCCCCCCCC(=O)OC(COCCC(C(=O)O)[N+](C)(C)C)COC(=O)CCCCCCCCCCCCCCCCCC. The van der Waals surface area contributed by atoms with Gasteiger partial charge in [-0.3, -0.25) is 9.59 Å². The number of hydrogen-bond donors (Lipinski definition) is 1. The lowest BCUT2D eigenvalue weighted by molar-refractivity contribution is -0.887. The molecule has 0 rings (SSSR count). The maximum atomic E-state index is 12.8. The molecule has 0 aliphatic heterocycles. The molecule has 0 fully saturated rings. The Balaban J connectivity index is 4.28. The van der Waals surface area contributed by atoms with Crippen molar-refractivity contribution in [1.29, 1.82) is 0 Å². The summed E-state index contributed by atoms with van der Waals surface area (Å²) in [6.45, 7) is 4.74. The summed E-state index contributed by atoms with van der Waals surface area (Å²) >= 11 is 0. The van der Waals surface area contributed by atoms with Crippen LogP contribution in [0, 0.1) is 0 Å². The summed E-state index contributed by atoms with van der Waals surface area (Å²) in [5.74, 6) is -1.46. The van der Waals surface area contributed by atoms with Crippen molar-refractivity contribution >= 4 is 17.9 Å². The smallest absolute Gasteiger partial charge is 0.362 e. The molecule has 1 N–H and O–H groups in total. The molecule has 0 saturated heterocycles. The minimum Gasteiger partial charge on any atom is -0.477 e. The van der Waals surface area contributed by atoms with Crippen LogP contribution in [0.1, 0.15) is 226 Å². The van der Waals surface area contributed by atoms with Crippen molar-refractivity contribution in [2.24, 2.45) is 0 Å². The van der Waals surface area contributed by atoms with Gasteiger partial charge in [0.25, 0.3) is 0 Å². The van der Waals surface area contributed by atoms with Crippen LogP contribution in [0.5, 0.6) is 0 Å². The third-order valence-electron chi connectivity index (χ3n) is 11.1. The third kappa shape index (κ3) is 39.3. The molecule has 0 radical (unpaired) electrons. The Hall–Kier alpha value is -2.19. The van der Waals surface area contributed by atoms with Crippen molar-refractivity contribution in [3.63, 3.8) is 0 Å². The molecule has 8 nitrogen and oxygen atoms in total. The highest BCUT2D eigenvalue weighted by molar-refractivity contribution is 5.72. The fraction of sp³-hybridized carbons (Fsp3) is 0.860. The first kappa shape index (κ1) is 55.8. The van der Waals surface area contributed by atoms with E-state index in [1.807, 2.05) is 21.1 Å². The summed E-state index contributed by atoms with van der Waals surface area (Å²) in [6.07, 6.45) is 46.4. The first-order valence-corrected chi connectivity index (χ1v) is 24.4. The Morgan fingerprint density at radius 3 is 1.34 bits per heavy atom. The zero-order valence-corrected chi connectivity index (χ0v) is 38.8. The summed E-state index contributed by atoms with van der Waals surface area (Å²) < 4.78 is 17.3. The number of aliphatic carboxylic acids is 1. The summed E-state index contributed by atoms with van der Waals surface area (Å²) in [6, 6.07) is -0.613. The molecule has 0 saturated carbocycles. The van der Waals surface area contributed by atoms with Gasteiger partial charge >= 0.3 is 17.9 Å². The van der Waals surface area contributed by atoms with E-state index in [1.54, 1.807) is 0 Å². The number of likely N-dealkylation sites (N-methyl/N-ethyl adjacent to an activating group) is 1. The number of carboxylic acids is 1. The molecule has 2 unspecified atom stereocenters. The van der Waals surface area contributed by atoms with Gasteiger partial charge in [-0.2, -0.15) is 0 Å². The van der Waals surface area contributed by atoms with E-state index in [9.17, 15) is 19.5 Å². The molecule has 0 aromatic heterocycles. The molecule has 0 heterocycles. The van der Waals surface area contributed by atoms with Gasteiger partial charge in [0.05, 0.1) is 34.4 Å². The molecule has 0 spiro atoms. The number of quaternary nitrogens is 1. The quantitative estimate of drug-likeness (QED) is 0.0283. The largest absolute Gasteiger partial charge is 0.477 e. The number of carbonyl (C=O) groups is 3. The second-order valence-corrected chi connectivity index (χ2v) is 17.7. The highest BCUT2D eigenvalue weighted by atomic mass is 16.6.